The first-order valence-corrected chi connectivity index (χ1v) is 9.61. The molecule has 8 nitrogen and oxygen atoms in total. The molecule has 0 saturated carbocycles. The van der Waals surface area contributed by atoms with Gasteiger partial charge in [0, 0.05) is 19.3 Å². The Morgan fingerprint density at radius 2 is 1.90 bits per heavy atom. The van der Waals surface area contributed by atoms with Gasteiger partial charge in [0.05, 0.1) is 6.26 Å². The summed E-state index contributed by atoms with van der Waals surface area (Å²) in [5, 5.41) is 0. The summed E-state index contributed by atoms with van der Waals surface area (Å²) in [6.45, 7) is 0.201. The van der Waals surface area contributed by atoms with Crippen molar-refractivity contribution in [1.82, 2.24) is 14.4 Å². The van der Waals surface area contributed by atoms with Gasteiger partial charge in [-0.05, 0) is 18.6 Å². The van der Waals surface area contributed by atoms with E-state index >= 15 is 0 Å². The summed E-state index contributed by atoms with van der Waals surface area (Å²) < 4.78 is 50.5. The fourth-order valence-corrected chi connectivity index (χ4v) is 3.41. The third-order valence-corrected chi connectivity index (χ3v) is 4.72. The number of hydrogen-bond donors (Lipinski definition) is 3. The smallest absolute Gasteiger partial charge is 0.242 e. The minimum absolute atomic E-state index is 0.0225. The number of sulfonamides is 2. The van der Waals surface area contributed by atoms with Crippen molar-refractivity contribution in [2.24, 2.45) is 5.73 Å². The number of hydrogen-bond acceptors (Lipinski definition) is 6. The zero-order valence-electron chi connectivity index (χ0n) is 11.2. The molecule has 1 aromatic heterocycles. The molecule has 0 atom stereocenters. The van der Waals surface area contributed by atoms with Crippen molar-refractivity contribution in [2.45, 2.75) is 11.3 Å². The van der Waals surface area contributed by atoms with E-state index in [0.29, 0.717) is 6.42 Å². The molecular weight excluding hydrogens is 336 g/mol. The summed E-state index contributed by atoms with van der Waals surface area (Å²) in [5.74, 6) is 0. The monoisotopic (exact) mass is 352 g/mol. The predicted octanol–water partition coefficient (Wildman–Crippen LogP) is -1.07. The fraction of sp³-hybridized carbons (Fsp3) is 0.400. The van der Waals surface area contributed by atoms with Gasteiger partial charge in [0.25, 0.3) is 0 Å². The molecule has 1 heterocycles. The SMILES string of the molecule is CS(=O)(=O)NCCCNS(=O)(=O)c1cccnc1C(N)=S. The van der Waals surface area contributed by atoms with Crippen molar-refractivity contribution < 1.29 is 16.8 Å². The Balaban J connectivity index is 2.69. The molecule has 0 aliphatic heterocycles. The summed E-state index contributed by atoms with van der Waals surface area (Å²) in [7, 11) is -7.09. The Hall–Kier alpha value is -1.14. The van der Waals surface area contributed by atoms with Crippen LogP contribution in [0.3, 0.4) is 0 Å². The van der Waals surface area contributed by atoms with Crippen LogP contribution in [-0.2, 0) is 20.0 Å². The summed E-state index contributed by atoms with van der Waals surface area (Å²) in [6, 6.07) is 2.81. The number of thiocarbonyl (C=S) groups is 1. The molecule has 0 aromatic carbocycles. The maximum absolute atomic E-state index is 12.1. The predicted molar refractivity (Wildman–Crippen MR) is 82.8 cm³/mol. The minimum atomic E-state index is -3.81. The van der Waals surface area contributed by atoms with Crippen molar-refractivity contribution in [2.75, 3.05) is 19.3 Å². The first kappa shape index (κ1) is 17.9. The Kier molecular flexibility index (Phi) is 6.16. The van der Waals surface area contributed by atoms with Gasteiger partial charge in [-0.1, -0.05) is 12.2 Å². The van der Waals surface area contributed by atoms with E-state index in [1.165, 1.54) is 18.3 Å². The van der Waals surface area contributed by atoms with E-state index in [9.17, 15) is 16.8 Å². The standard InChI is InChI=1S/C10H16N4O4S3/c1-20(15,16)13-6-3-7-14-21(17,18)8-4-2-5-12-9(8)10(11)19/h2,4-5,13-14H,3,6-7H2,1H3,(H2,11,19). The van der Waals surface area contributed by atoms with Crippen molar-refractivity contribution in [3.63, 3.8) is 0 Å². The molecule has 0 bridgehead atoms. The average Bonchev–Trinajstić information content (AvgIpc) is 2.36. The third-order valence-electron chi connectivity index (χ3n) is 2.30. The lowest BCUT2D eigenvalue weighted by molar-refractivity contribution is 0.574. The van der Waals surface area contributed by atoms with Gasteiger partial charge in [-0.2, -0.15) is 0 Å². The third kappa shape index (κ3) is 6.01. The Bertz CT molecular complexity index is 716. The lowest BCUT2D eigenvalue weighted by Gasteiger charge is -2.09. The van der Waals surface area contributed by atoms with Crippen LogP contribution >= 0.6 is 12.2 Å². The van der Waals surface area contributed by atoms with Crippen LogP contribution in [0.5, 0.6) is 0 Å². The molecule has 1 aromatic rings. The van der Waals surface area contributed by atoms with Crippen LogP contribution in [0.2, 0.25) is 0 Å². The average molecular weight is 352 g/mol. The van der Waals surface area contributed by atoms with Gasteiger partial charge in [-0.15, -0.1) is 0 Å². The van der Waals surface area contributed by atoms with Crippen molar-refractivity contribution >= 4 is 37.3 Å². The first-order chi connectivity index (χ1) is 9.63. The van der Waals surface area contributed by atoms with Crippen molar-refractivity contribution in [3.8, 4) is 0 Å². The van der Waals surface area contributed by atoms with E-state index < -0.39 is 20.0 Å². The highest BCUT2D eigenvalue weighted by Crippen LogP contribution is 2.12. The van der Waals surface area contributed by atoms with Crippen LogP contribution in [0.15, 0.2) is 23.2 Å². The van der Waals surface area contributed by atoms with Gasteiger partial charge < -0.3 is 5.73 Å². The molecule has 0 aliphatic rings. The largest absolute Gasteiger partial charge is 0.388 e. The molecule has 4 N–H and O–H groups in total. The molecule has 0 unspecified atom stereocenters. The van der Waals surface area contributed by atoms with Crippen molar-refractivity contribution in [1.29, 1.82) is 0 Å². The van der Waals surface area contributed by atoms with Gasteiger partial charge in [0.2, 0.25) is 20.0 Å². The zero-order valence-corrected chi connectivity index (χ0v) is 13.7. The number of nitrogens with one attached hydrogen (secondary N) is 2. The van der Waals surface area contributed by atoms with Crippen LogP contribution in [-0.4, -0.2) is 46.2 Å². The van der Waals surface area contributed by atoms with E-state index in [4.69, 9.17) is 18.0 Å². The molecule has 21 heavy (non-hydrogen) atoms. The summed E-state index contributed by atoms with van der Waals surface area (Å²) in [6.07, 6.45) is 2.72. The lowest BCUT2D eigenvalue weighted by atomic mass is 10.3. The van der Waals surface area contributed by atoms with Crippen LogP contribution in [0.25, 0.3) is 0 Å². The van der Waals surface area contributed by atoms with Gasteiger partial charge in [0.1, 0.15) is 15.6 Å². The maximum atomic E-state index is 12.1. The molecule has 0 amide bonds. The highest BCUT2D eigenvalue weighted by Gasteiger charge is 2.19. The highest BCUT2D eigenvalue weighted by atomic mass is 32.2. The molecule has 0 aliphatic carbocycles. The van der Waals surface area contributed by atoms with E-state index in [-0.39, 0.29) is 28.7 Å². The normalized spacial score (nSPS) is 12.2. The number of rotatable bonds is 8. The van der Waals surface area contributed by atoms with E-state index in [1.54, 1.807) is 0 Å². The topological polar surface area (TPSA) is 131 Å². The number of pyridine rings is 1. The van der Waals surface area contributed by atoms with Crippen LogP contribution < -0.4 is 15.2 Å². The maximum Gasteiger partial charge on any atom is 0.242 e. The Morgan fingerprint density at radius 3 is 2.48 bits per heavy atom. The second-order valence-corrected chi connectivity index (χ2v) is 8.14. The molecule has 0 radical (unpaired) electrons. The van der Waals surface area contributed by atoms with E-state index in [0.717, 1.165) is 6.26 Å². The van der Waals surface area contributed by atoms with Crippen LogP contribution in [0.1, 0.15) is 12.1 Å². The summed E-state index contributed by atoms with van der Waals surface area (Å²) >= 11 is 4.76. The lowest BCUT2D eigenvalue weighted by Crippen LogP contribution is -2.31. The van der Waals surface area contributed by atoms with Gasteiger partial charge in [0.15, 0.2) is 0 Å². The molecule has 118 valence electrons. The Morgan fingerprint density at radius 1 is 1.29 bits per heavy atom. The van der Waals surface area contributed by atoms with Gasteiger partial charge in [-0.3, -0.25) is 4.98 Å². The molecule has 1 rings (SSSR count). The number of nitrogens with zero attached hydrogens (tertiary/aromatic N) is 1. The van der Waals surface area contributed by atoms with Gasteiger partial charge in [-0.25, -0.2) is 26.3 Å². The summed E-state index contributed by atoms with van der Waals surface area (Å²) in [4.78, 5) is 3.62. The quantitative estimate of drug-likeness (QED) is 0.401. The molecule has 11 heteroatoms. The minimum Gasteiger partial charge on any atom is -0.388 e. The summed E-state index contributed by atoms with van der Waals surface area (Å²) in [5.41, 5.74) is 5.46. The Labute approximate surface area is 129 Å². The zero-order chi connectivity index (χ0) is 16.1. The second-order valence-electron chi connectivity index (χ2n) is 4.13. The van der Waals surface area contributed by atoms with Crippen LogP contribution in [0, 0.1) is 0 Å². The van der Waals surface area contributed by atoms with Crippen molar-refractivity contribution in [3.05, 3.63) is 24.0 Å². The van der Waals surface area contributed by atoms with Gasteiger partial charge >= 0.3 is 0 Å². The fourth-order valence-electron chi connectivity index (χ4n) is 1.42. The molecule has 0 saturated heterocycles. The number of nitrogens with two attached hydrogens (primary N) is 1. The second kappa shape index (κ2) is 7.22. The molecule has 0 fully saturated rings. The first-order valence-electron chi connectivity index (χ1n) is 5.82. The van der Waals surface area contributed by atoms with Crippen LogP contribution in [0.4, 0.5) is 0 Å². The molecular formula is C10H16N4O4S3. The molecule has 0 spiro atoms. The highest BCUT2D eigenvalue weighted by molar-refractivity contribution is 7.89. The number of aromatic nitrogens is 1. The van der Waals surface area contributed by atoms with E-state index in [2.05, 4.69) is 14.4 Å². The van der Waals surface area contributed by atoms with E-state index in [1.807, 2.05) is 0 Å².